The lowest BCUT2D eigenvalue weighted by Crippen LogP contribution is -2.21. The van der Waals surface area contributed by atoms with Gasteiger partial charge in [-0.15, -0.1) is 0 Å². The standard InChI is InChI=1S/C11H13NO3/c1-12-4-3-7-5-10(15-2)9(13)6-8(7)11(12)14/h3-6,11,13-14H,1-2H3. The first kappa shape index (κ1) is 9.86. The van der Waals surface area contributed by atoms with Gasteiger partial charge in [-0.3, -0.25) is 0 Å². The van der Waals surface area contributed by atoms with Crippen LogP contribution in [0.2, 0.25) is 0 Å². The van der Waals surface area contributed by atoms with Gasteiger partial charge in [0.1, 0.15) is 0 Å². The maximum Gasteiger partial charge on any atom is 0.161 e. The average Bonchev–Trinajstić information content (AvgIpc) is 2.24. The largest absolute Gasteiger partial charge is 0.504 e. The molecule has 1 aliphatic heterocycles. The highest BCUT2D eigenvalue weighted by molar-refractivity contribution is 5.62. The van der Waals surface area contributed by atoms with Gasteiger partial charge in [0.2, 0.25) is 0 Å². The Labute approximate surface area is 88.0 Å². The van der Waals surface area contributed by atoms with E-state index < -0.39 is 6.23 Å². The number of phenolic OH excluding ortho intramolecular Hbond substituents is 1. The molecule has 0 spiro atoms. The smallest absolute Gasteiger partial charge is 0.161 e. The summed E-state index contributed by atoms with van der Waals surface area (Å²) in [5, 5.41) is 19.4. The number of aliphatic hydroxyl groups excluding tert-OH is 1. The first-order chi connectivity index (χ1) is 7.13. The summed E-state index contributed by atoms with van der Waals surface area (Å²) < 4.78 is 4.99. The molecule has 1 aromatic carbocycles. The Bertz CT molecular complexity index is 415. The minimum Gasteiger partial charge on any atom is -0.504 e. The maximum atomic E-state index is 9.84. The molecule has 1 unspecified atom stereocenters. The van der Waals surface area contributed by atoms with Crippen molar-refractivity contribution in [2.45, 2.75) is 6.23 Å². The molecule has 0 saturated heterocycles. The normalized spacial score (nSPS) is 18.9. The fourth-order valence-corrected chi connectivity index (χ4v) is 1.63. The van der Waals surface area contributed by atoms with Crippen LogP contribution < -0.4 is 4.74 Å². The highest BCUT2D eigenvalue weighted by atomic mass is 16.5. The van der Waals surface area contributed by atoms with Crippen LogP contribution in [0.5, 0.6) is 11.5 Å². The highest BCUT2D eigenvalue weighted by Crippen LogP contribution is 2.35. The van der Waals surface area contributed by atoms with Gasteiger partial charge in [-0.25, -0.2) is 0 Å². The Balaban J connectivity index is 2.54. The van der Waals surface area contributed by atoms with Crippen LogP contribution in [-0.4, -0.2) is 29.3 Å². The minimum atomic E-state index is -0.721. The van der Waals surface area contributed by atoms with Crippen LogP contribution in [0.15, 0.2) is 18.3 Å². The molecule has 1 aliphatic rings. The van der Waals surface area contributed by atoms with Crippen molar-refractivity contribution in [3.05, 3.63) is 29.5 Å². The van der Waals surface area contributed by atoms with E-state index in [1.165, 1.54) is 13.2 Å². The zero-order valence-corrected chi connectivity index (χ0v) is 8.64. The maximum absolute atomic E-state index is 9.84. The Morgan fingerprint density at radius 1 is 1.40 bits per heavy atom. The van der Waals surface area contributed by atoms with E-state index in [0.29, 0.717) is 11.3 Å². The number of hydrogen-bond acceptors (Lipinski definition) is 4. The van der Waals surface area contributed by atoms with Gasteiger partial charge < -0.3 is 19.8 Å². The van der Waals surface area contributed by atoms with E-state index in [9.17, 15) is 10.2 Å². The number of aromatic hydroxyl groups is 1. The number of methoxy groups -OCH3 is 1. The van der Waals surface area contributed by atoms with E-state index in [2.05, 4.69) is 0 Å². The molecule has 0 saturated carbocycles. The fourth-order valence-electron chi connectivity index (χ4n) is 1.63. The zero-order chi connectivity index (χ0) is 11.0. The predicted octanol–water partition coefficient (Wildman–Crippen LogP) is 1.31. The number of fused-ring (bicyclic) bond motifs is 1. The van der Waals surface area contributed by atoms with Crippen molar-refractivity contribution in [2.75, 3.05) is 14.2 Å². The van der Waals surface area contributed by atoms with Crippen molar-refractivity contribution in [1.82, 2.24) is 4.90 Å². The Hall–Kier alpha value is -1.68. The third-order valence-corrected chi connectivity index (χ3v) is 2.54. The summed E-state index contributed by atoms with van der Waals surface area (Å²) in [6.07, 6.45) is 2.93. The molecule has 15 heavy (non-hydrogen) atoms. The molecule has 80 valence electrons. The molecular formula is C11H13NO3. The lowest BCUT2D eigenvalue weighted by atomic mass is 10.0. The highest BCUT2D eigenvalue weighted by Gasteiger charge is 2.20. The van der Waals surface area contributed by atoms with Crippen LogP contribution in [0.3, 0.4) is 0 Å². The molecule has 1 aromatic rings. The third kappa shape index (κ3) is 1.53. The topological polar surface area (TPSA) is 52.9 Å². The van der Waals surface area contributed by atoms with Crippen molar-refractivity contribution in [3.63, 3.8) is 0 Å². The van der Waals surface area contributed by atoms with Crippen LogP contribution in [-0.2, 0) is 0 Å². The van der Waals surface area contributed by atoms with Crippen molar-refractivity contribution in [2.24, 2.45) is 0 Å². The van der Waals surface area contributed by atoms with E-state index in [1.807, 2.05) is 6.08 Å². The molecule has 0 amide bonds. The van der Waals surface area contributed by atoms with E-state index >= 15 is 0 Å². The fraction of sp³-hybridized carbons (Fsp3) is 0.273. The van der Waals surface area contributed by atoms with Gasteiger partial charge in [0.25, 0.3) is 0 Å². The van der Waals surface area contributed by atoms with Gasteiger partial charge >= 0.3 is 0 Å². The summed E-state index contributed by atoms with van der Waals surface area (Å²) in [4.78, 5) is 1.66. The Morgan fingerprint density at radius 3 is 2.80 bits per heavy atom. The van der Waals surface area contributed by atoms with Gasteiger partial charge in [-0.05, 0) is 23.8 Å². The molecular weight excluding hydrogens is 194 g/mol. The first-order valence-electron chi connectivity index (χ1n) is 4.62. The summed E-state index contributed by atoms with van der Waals surface area (Å²) in [6, 6.07) is 3.23. The summed E-state index contributed by atoms with van der Waals surface area (Å²) in [7, 11) is 3.27. The van der Waals surface area contributed by atoms with E-state index in [0.717, 1.165) is 5.56 Å². The molecule has 2 N–H and O–H groups in total. The molecule has 0 aromatic heterocycles. The van der Waals surface area contributed by atoms with Gasteiger partial charge in [0.05, 0.1) is 7.11 Å². The second-order valence-electron chi connectivity index (χ2n) is 3.51. The number of aliphatic hydroxyl groups is 1. The van der Waals surface area contributed by atoms with Crippen molar-refractivity contribution >= 4 is 6.08 Å². The Kier molecular flexibility index (Phi) is 2.28. The van der Waals surface area contributed by atoms with Gasteiger partial charge in [0, 0.05) is 18.8 Å². The zero-order valence-electron chi connectivity index (χ0n) is 8.64. The molecule has 0 bridgehead atoms. The number of hydrogen-bond donors (Lipinski definition) is 2. The molecule has 4 nitrogen and oxygen atoms in total. The van der Waals surface area contributed by atoms with Crippen molar-refractivity contribution < 1.29 is 14.9 Å². The van der Waals surface area contributed by atoms with Crippen LogP contribution in [0.1, 0.15) is 17.4 Å². The monoisotopic (exact) mass is 207 g/mol. The van der Waals surface area contributed by atoms with Crippen LogP contribution >= 0.6 is 0 Å². The average molecular weight is 207 g/mol. The minimum absolute atomic E-state index is 0.0407. The second-order valence-corrected chi connectivity index (χ2v) is 3.51. The summed E-state index contributed by atoms with van der Waals surface area (Å²) in [5.41, 5.74) is 1.54. The number of phenols is 1. The van der Waals surface area contributed by atoms with E-state index in [1.54, 1.807) is 24.2 Å². The van der Waals surface area contributed by atoms with Gasteiger partial charge in [-0.2, -0.15) is 0 Å². The number of ether oxygens (including phenoxy) is 1. The SMILES string of the molecule is COc1cc2c(cc1O)C(O)N(C)C=C2. The second kappa shape index (κ2) is 3.47. The third-order valence-electron chi connectivity index (χ3n) is 2.54. The van der Waals surface area contributed by atoms with Gasteiger partial charge in [0.15, 0.2) is 17.7 Å². The van der Waals surface area contributed by atoms with E-state index in [4.69, 9.17) is 4.74 Å². The number of benzene rings is 1. The summed E-state index contributed by atoms with van der Waals surface area (Å²) in [5.74, 6) is 0.453. The van der Waals surface area contributed by atoms with Gasteiger partial charge in [-0.1, -0.05) is 0 Å². The van der Waals surface area contributed by atoms with Crippen LogP contribution in [0.25, 0.3) is 6.08 Å². The van der Waals surface area contributed by atoms with E-state index in [-0.39, 0.29) is 5.75 Å². The predicted molar refractivity (Wildman–Crippen MR) is 56.4 cm³/mol. The number of nitrogens with zero attached hydrogens (tertiary/aromatic N) is 1. The first-order valence-corrected chi connectivity index (χ1v) is 4.62. The van der Waals surface area contributed by atoms with Crippen LogP contribution in [0, 0.1) is 0 Å². The summed E-state index contributed by atoms with van der Waals surface area (Å²) in [6.45, 7) is 0. The lowest BCUT2D eigenvalue weighted by Gasteiger charge is -2.27. The molecule has 2 rings (SSSR count). The summed E-state index contributed by atoms with van der Waals surface area (Å²) >= 11 is 0. The molecule has 0 radical (unpaired) electrons. The molecule has 4 heteroatoms. The van der Waals surface area contributed by atoms with Crippen LogP contribution in [0.4, 0.5) is 0 Å². The quantitative estimate of drug-likeness (QED) is 0.729. The van der Waals surface area contributed by atoms with Crippen molar-refractivity contribution in [1.29, 1.82) is 0 Å². The molecule has 1 atom stereocenters. The molecule has 0 aliphatic carbocycles. The molecule has 0 fully saturated rings. The molecule has 1 heterocycles. The number of rotatable bonds is 1. The van der Waals surface area contributed by atoms with Crippen molar-refractivity contribution in [3.8, 4) is 11.5 Å². The lowest BCUT2D eigenvalue weighted by molar-refractivity contribution is 0.0524. The Morgan fingerprint density at radius 2 is 2.13 bits per heavy atom.